The molecule has 1 amide bonds. The number of carbonyl (C=O) groups excluding carboxylic acids is 1. The van der Waals surface area contributed by atoms with E-state index in [1.807, 2.05) is 4.90 Å². The van der Waals surface area contributed by atoms with E-state index in [1.54, 1.807) is 18.3 Å². The van der Waals surface area contributed by atoms with Crippen molar-refractivity contribution >= 4 is 29.9 Å². The summed E-state index contributed by atoms with van der Waals surface area (Å²) in [6.07, 6.45) is 1.55. The first-order valence-electron chi connectivity index (χ1n) is 4.89. The van der Waals surface area contributed by atoms with Crippen LogP contribution in [-0.4, -0.2) is 42.0 Å². The summed E-state index contributed by atoms with van der Waals surface area (Å²) in [7, 11) is 0. The number of hydrogen-bond donors (Lipinski definition) is 1. The molecule has 0 atom stereocenters. The lowest BCUT2D eigenvalue weighted by molar-refractivity contribution is 0.0735. The van der Waals surface area contributed by atoms with Crippen LogP contribution in [0.25, 0.3) is 0 Å². The molecule has 0 unspecified atom stereocenters. The number of carbonyl (C=O) groups is 1. The highest BCUT2D eigenvalue weighted by Crippen LogP contribution is 2.10. The van der Waals surface area contributed by atoms with Crippen LogP contribution in [0.15, 0.2) is 18.3 Å². The maximum atomic E-state index is 12.0. The van der Waals surface area contributed by atoms with Crippen molar-refractivity contribution in [1.82, 2.24) is 15.2 Å². The molecule has 0 radical (unpaired) electrons. The summed E-state index contributed by atoms with van der Waals surface area (Å²) in [5.74, 6) is 0.0285. The maximum absolute atomic E-state index is 12.0. The van der Waals surface area contributed by atoms with Gasteiger partial charge < -0.3 is 10.2 Å². The van der Waals surface area contributed by atoms with Gasteiger partial charge in [0.05, 0.1) is 0 Å². The van der Waals surface area contributed by atoms with Crippen molar-refractivity contribution in [2.75, 3.05) is 26.2 Å². The molecular weight excluding hydrogens is 249 g/mol. The van der Waals surface area contributed by atoms with E-state index >= 15 is 0 Å². The second kappa shape index (κ2) is 6.03. The van der Waals surface area contributed by atoms with Gasteiger partial charge in [-0.2, -0.15) is 0 Å². The van der Waals surface area contributed by atoms with Gasteiger partial charge in [0.25, 0.3) is 5.91 Å². The first-order chi connectivity index (χ1) is 7.27. The zero-order valence-electron chi connectivity index (χ0n) is 8.65. The highest BCUT2D eigenvalue weighted by atomic mass is 35.5. The molecule has 16 heavy (non-hydrogen) atoms. The van der Waals surface area contributed by atoms with Gasteiger partial charge in [-0.15, -0.1) is 12.4 Å². The molecule has 2 heterocycles. The molecule has 0 aromatic carbocycles. The van der Waals surface area contributed by atoms with Crippen molar-refractivity contribution in [2.45, 2.75) is 0 Å². The Kier molecular flexibility index (Phi) is 4.99. The Hall–Kier alpha value is -0.840. The lowest BCUT2D eigenvalue weighted by Gasteiger charge is -2.27. The molecule has 1 aliphatic heterocycles. The zero-order chi connectivity index (χ0) is 10.7. The van der Waals surface area contributed by atoms with Crippen molar-refractivity contribution < 1.29 is 4.79 Å². The van der Waals surface area contributed by atoms with Crippen LogP contribution in [0.3, 0.4) is 0 Å². The minimum atomic E-state index is 0. The Morgan fingerprint density at radius 2 is 2.12 bits per heavy atom. The van der Waals surface area contributed by atoms with Gasteiger partial charge in [-0.05, 0) is 12.1 Å². The number of piperazine rings is 1. The van der Waals surface area contributed by atoms with Crippen LogP contribution in [0.4, 0.5) is 0 Å². The van der Waals surface area contributed by atoms with E-state index in [-0.39, 0.29) is 18.3 Å². The number of rotatable bonds is 1. The number of nitrogens with zero attached hydrogens (tertiary/aromatic N) is 2. The molecule has 1 aliphatic rings. The van der Waals surface area contributed by atoms with E-state index in [1.165, 1.54) is 0 Å². The Morgan fingerprint density at radius 1 is 1.44 bits per heavy atom. The molecule has 0 saturated carbocycles. The number of amides is 1. The number of hydrogen-bond acceptors (Lipinski definition) is 3. The minimum absolute atomic E-state index is 0. The number of halogens is 2. The Bertz CT molecular complexity index is 367. The Balaban J connectivity index is 0.00000128. The average molecular weight is 262 g/mol. The van der Waals surface area contributed by atoms with Crippen LogP contribution >= 0.6 is 24.0 Å². The van der Waals surface area contributed by atoms with E-state index < -0.39 is 0 Å². The lowest BCUT2D eigenvalue weighted by Crippen LogP contribution is -2.46. The quantitative estimate of drug-likeness (QED) is 0.773. The minimum Gasteiger partial charge on any atom is -0.336 e. The molecular formula is C10H13Cl2N3O. The predicted molar refractivity (Wildman–Crippen MR) is 65.3 cm³/mol. The molecule has 6 heteroatoms. The topological polar surface area (TPSA) is 45.2 Å². The molecule has 1 saturated heterocycles. The van der Waals surface area contributed by atoms with Gasteiger partial charge in [0.2, 0.25) is 0 Å². The summed E-state index contributed by atoms with van der Waals surface area (Å²) >= 11 is 5.73. The Morgan fingerprint density at radius 3 is 2.75 bits per heavy atom. The summed E-state index contributed by atoms with van der Waals surface area (Å²) in [6.45, 7) is 3.20. The van der Waals surface area contributed by atoms with Crippen molar-refractivity contribution in [3.8, 4) is 0 Å². The van der Waals surface area contributed by atoms with Crippen molar-refractivity contribution in [3.05, 3.63) is 29.0 Å². The molecule has 0 bridgehead atoms. The van der Waals surface area contributed by atoms with Gasteiger partial charge in [0.1, 0.15) is 5.15 Å². The largest absolute Gasteiger partial charge is 0.336 e. The number of aromatic nitrogens is 1. The second-order valence-corrected chi connectivity index (χ2v) is 3.80. The first-order valence-corrected chi connectivity index (χ1v) is 5.27. The van der Waals surface area contributed by atoms with E-state index in [0.29, 0.717) is 10.7 Å². The third-order valence-electron chi connectivity index (χ3n) is 2.38. The molecule has 2 rings (SSSR count). The van der Waals surface area contributed by atoms with Crippen LogP contribution in [0.2, 0.25) is 5.15 Å². The van der Waals surface area contributed by atoms with Crippen molar-refractivity contribution in [3.63, 3.8) is 0 Å². The predicted octanol–water partition coefficient (Wildman–Crippen LogP) is 1.20. The molecule has 1 N–H and O–H groups in total. The standard InChI is InChI=1S/C10H12ClN3O.ClH/c11-9-7-8(1-2-13-9)10(15)14-5-3-12-4-6-14;/h1-2,7,12H,3-6H2;1H. The monoisotopic (exact) mass is 261 g/mol. The van der Waals surface area contributed by atoms with Gasteiger partial charge in [-0.1, -0.05) is 11.6 Å². The third-order valence-corrected chi connectivity index (χ3v) is 2.58. The first kappa shape index (κ1) is 13.2. The van der Waals surface area contributed by atoms with E-state index in [0.717, 1.165) is 26.2 Å². The summed E-state index contributed by atoms with van der Waals surface area (Å²) < 4.78 is 0. The summed E-state index contributed by atoms with van der Waals surface area (Å²) in [5.41, 5.74) is 0.608. The normalized spacial score (nSPS) is 15.4. The van der Waals surface area contributed by atoms with Gasteiger partial charge >= 0.3 is 0 Å². The van der Waals surface area contributed by atoms with E-state index in [4.69, 9.17) is 11.6 Å². The van der Waals surface area contributed by atoms with Crippen molar-refractivity contribution in [2.24, 2.45) is 0 Å². The van der Waals surface area contributed by atoms with Crippen LogP contribution in [-0.2, 0) is 0 Å². The van der Waals surface area contributed by atoms with E-state index in [9.17, 15) is 4.79 Å². The average Bonchev–Trinajstić information content (AvgIpc) is 2.29. The van der Waals surface area contributed by atoms with Gasteiger partial charge in [0, 0.05) is 37.9 Å². The molecule has 1 aromatic heterocycles. The van der Waals surface area contributed by atoms with Crippen LogP contribution in [0.1, 0.15) is 10.4 Å². The summed E-state index contributed by atoms with van der Waals surface area (Å²) in [6, 6.07) is 3.29. The molecule has 1 aromatic rings. The van der Waals surface area contributed by atoms with E-state index in [2.05, 4.69) is 10.3 Å². The fourth-order valence-electron chi connectivity index (χ4n) is 1.59. The molecule has 1 fully saturated rings. The maximum Gasteiger partial charge on any atom is 0.254 e. The van der Waals surface area contributed by atoms with Crippen LogP contribution in [0, 0.1) is 0 Å². The highest BCUT2D eigenvalue weighted by molar-refractivity contribution is 6.29. The number of nitrogens with one attached hydrogen (secondary N) is 1. The molecule has 4 nitrogen and oxygen atoms in total. The van der Waals surface area contributed by atoms with Crippen molar-refractivity contribution in [1.29, 1.82) is 0 Å². The summed E-state index contributed by atoms with van der Waals surface area (Å²) in [4.78, 5) is 17.6. The second-order valence-electron chi connectivity index (χ2n) is 3.41. The third kappa shape index (κ3) is 3.07. The van der Waals surface area contributed by atoms with Gasteiger partial charge in [-0.25, -0.2) is 4.98 Å². The smallest absolute Gasteiger partial charge is 0.254 e. The lowest BCUT2D eigenvalue weighted by atomic mass is 10.2. The van der Waals surface area contributed by atoms with Gasteiger partial charge in [0.15, 0.2) is 0 Å². The number of pyridine rings is 1. The molecule has 0 spiro atoms. The zero-order valence-corrected chi connectivity index (χ0v) is 10.2. The fraction of sp³-hybridized carbons (Fsp3) is 0.400. The summed E-state index contributed by atoms with van der Waals surface area (Å²) in [5, 5.41) is 3.56. The Labute approximate surface area is 105 Å². The van der Waals surface area contributed by atoms with Crippen LogP contribution < -0.4 is 5.32 Å². The molecule has 88 valence electrons. The SMILES string of the molecule is Cl.O=C(c1ccnc(Cl)c1)N1CCNCC1. The fourth-order valence-corrected chi connectivity index (χ4v) is 1.76. The van der Waals surface area contributed by atoms with Gasteiger partial charge in [-0.3, -0.25) is 4.79 Å². The highest BCUT2D eigenvalue weighted by Gasteiger charge is 2.17. The molecule has 0 aliphatic carbocycles. The van der Waals surface area contributed by atoms with Crippen LogP contribution in [0.5, 0.6) is 0 Å².